The molecule has 3 rings (SSSR count). The molecule has 3 heterocycles. The van der Waals surface area contributed by atoms with Crippen LogP contribution in [0, 0.1) is 12.8 Å². The summed E-state index contributed by atoms with van der Waals surface area (Å²) in [5.74, 6) is 3.33. The molecule has 1 saturated heterocycles. The van der Waals surface area contributed by atoms with Crippen molar-refractivity contribution in [2.45, 2.75) is 52.6 Å². The monoisotopic (exact) mass is 291 g/mol. The van der Waals surface area contributed by atoms with Gasteiger partial charge in [-0.25, -0.2) is 0 Å². The maximum Gasteiger partial charge on any atom is 0.226 e. The first-order valence-electron chi connectivity index (χ1n) is 7.47. The highest BCUT2D eigenvalue weighted by Crippen LogP contribution is 2.31. The fraction of sp³-hybridized carbons (Fsp3) is 0.714. The van der Waals surface area contributed by atoms with E-state index in [4.69, 9.17) is 9.05 Å². The second-order valence-electron chi connectivity index (χ2n) is 6.00. The van der Waals surface area contributed by atoms with Crippen LogP contribution < -0.4 is 0 Å². The lowest BCUT2D eigenvalue weighted by Gasteiger charge is -2.19. The standard InChI is InChI=1S/C14H21N5O2/c1-9(2)7-13-16-12(17-21-13)8-19-6-4-5-11(19)14-15-10(3)20-18-14/h9,11H,4-8H2,1-3H3/t11-/m1/s1. The highest BCUT2D eigenvalue weighted by Gasteiger charge is 2.30. The minimum Gasteiger partial charge on any atom is -0.340 e. The van der Waals surface area contributed by atoms with Gasteiger partial charge < -0.3 is 9.05 Å². The molecule has 0 N–H and O–H groups in total. The molecule has 0 spiro atoms. The van der Waals surface area contributed by atoms with Gasteiger partial charge in [-0.2, -0.15) is 9.97 Å². The van der Waals surface area contributed by atoms with Crippen LogP contribution in [-0.4, -0.2) is 31.7 Å². The van der Waals surface area contributed by atoms with Crippen molar-refractivity contribution in [3.8, 4) is 0 Å². The van der Waals surface area contributed by atoms with Gasteiger partial charge in [-0.15, -0.1) is 0 Å². The SMILES string of the molecule is Cc1nc([C@H]2CCCN2Cc2noc(CC(C)C)n2)no1. The van der Waals surface area contributed by atoms with Gasteiger partial charge in [0.2, 0.25) is 11.8 Å². The van der Waals surface area contributed by atoms with Crippen molar-refractivity contribution >= 4 is 0 Å². The van der Waals surface area contributed by atoms with E-state index in [-0.39, 0.29) is 6.04 Å². The zero-order valence-corrected chi connectivity index (χ0v) is 12.7. The van der Waals surface area contributed by atoms with Crippen molar-refractivity contribution in [3.05, 3.63) is 23.4 Å². The van der Waals surface area contributed by atoms with E-state index in [2.05, 4.69) is 39.0 Å². The summed E-state index contributed by atoms with van der Waals surface area (Å²) in [7, 11) is 0. The van der Waals surface area contributed by atoms with Crippen LogP contribution in [0.3, 0.4) is 0 Å². The molecule has 0 radical (unpaired) electrons. The van der Waals surface area contributed by atoms with E-state index in [0.29, 0.717) is 24.2 Å². The van der Waals surface area contributed by atoms with Crippen LogP contribution in [0.25, 0.3) is 0 Å². The van der Waals surface area contributed by atoms with Crippen molar-refractivity contribution in [1.29, 1.82) is 0 Å². The van der Waals surface area contributed by atoms with E-state index in [9.17, 15) is 0 Å². The number of nitrogens with zero attached hydrogens (tertiary/aromatic N) is 5. The second kappa shape index (κ2) is 5.93. The summed E-state index contributed by atoms with van der Waals surface area (Å²) in [6.07, 6.45) is 2.98. The third-order valence-electron chi connectivity index (χ3n) is 3.64. The fourth-order valence-electron chi connectivity index (χ4n) is 2.73. The summed E-state index contributed by atoms with van der Waals surface area (Å²) in [5, 5.41) is 8.12. The van der Waals surface area contributed by atoms with Gasteiger partial charge in [-0.1, -0.05) is 24.2 Å². The Labute approximate surface area is 123 Å². The van der Waals surface area contributed by atoms with Gasteiger partial charge in [0.15, 0.2) is 11.6 Å². The largest absolute Gasteiger partial charge is 0.340 e. The van der Waals surface area contributed by atoms with E-state index < -0.39 is 0 Å². The van der Waals surface area contributed by atoms with Gasteiger partial charge >= 0.3 is 0 Å². The van der Waals surface area contributed by atoms with Crippen LogP contribution in [0.5, 0.6) is 0 Å². The van der Waals surface area contributed by atoms with Crippen LogP contribution >= 0.6 is 0 Å². The lowest BCUT2D eigenvalue weighted by atomic mass is 10.1. The molecule has 0 aromatic carbocycles. The number of aryl methyl sites for hydroxylation is 1. The molecule has 0 aliphatic carbocycles. The number of hydrogen-bond acceptors (Lipinski definition) is 7. The molecular formula is C14H21N5O2. The number of likely N-dealkylation sites (tertiary alicyclic amines) is 1. The van der Waals surface area contributed by atoms with E-state index in [1.165, 1.54) is 0 Å². The highest BCUT2D eigenvalue weighted by molar-refractivity contribution is 4.99. The Morgan fingerprint density at radius 3 is 2.81 bits per heavy atom. The normalized spacial score (nSPS) is 19.7. The number of hydrogen-bond donors (Lipinski definition) is 0. The summed E-state index contributed by atoms with van der Waals surface area (Å²) >= 11 is 0. The molecule has 0 amide bonds. The maximum atomic E-state index is 5.29. The van der Waals surface area contributed by atoms with Crippen molar-refractivity contribution in [2.24, 2.45) is 5.92 Å². The molecule has 0 saturated carbocycles. The van der Waals surface area contributed by atoms with Gasteiger partial charge in [0.05, 0.1) is 12.6 Å². The summed E-state index contributed by atoms with van der Waals surface area (Å²) in [6, 6.07) is 0.189. The first-order chi connectivity index (χ1) is 10.1. The molecule has 0 bridgehead atoms. The molecule has 1 atom stereocenters. The molecule has 2 aromatic heterocycles. The Morgan fingerprint density at radius 1 is 1.24 bits per heavy atom. The first-order valence-corrected chi connectivity index (χ1v) is 7.47. The molecule has 1 aliphatic heterocycles. The molecule has 21 heavy (non-hydrogen) atoms. The summed E-state index contributed by atoms with van der Waals surface area (Å²) in [6.45, 7) is 7.75. The van der Waals surface area contributed by atoms with E-state index in [1.54, 1.807) is 0 Å². The molecule has 2 aromatic rings. The lowest BCUT2D eigenvalue weighted by Crippen LogP contribution is -2.24. The Hall–Kier alpha value is -1.76. The van der Waals surface area contributed by atoms with Gasteiger partial charge in [0.1, 0.15) is 0 Å². The zero-order chi connectivity index (χ0) is 14.8. The van der Waals surface area contributed by atoms with Crippen LogP contribution in [0.2, 0.25) is 0 Å². The van der Waals surface area contributed by atoms with E-state index in [1.807, 2.05) is 6.92 Å². The number of aromatic nitrogens is 4. The molecule has 7 heteroatoms. The average Bonchev–Trinajstić information content (AvgIpc) is 3.11. The van der Waals surface area contributed by atoms with Gasteiger partial charge in [0, 0.05) is 13.3 Å². The third-order valence-corrected chi connectivity index (χ3v) is 3.64. The Balaban J connectivity index is 1.67. The van der Waals surface area contributed by atoms with Crippen LogP contribution in [0.4, 0.5) is 0 Å². The quantitative estimate of drug-likeness (QED) is 0.836. The third kappa shape index (κ3) is 3.29. The predicted molar refractivity (Wildman–Crippen MR) is 74.3 cm³/mol. The molecule has 114 valence electrons. The molecule has 7 nitrogen and oxygen atoms in total. The average molecular weight is 291 g/mol. The van der Waals surface area contributed by atoms with Crippen LogP contribution in [0.1, 0.15) is 56.2 Å². The predicted octanol–water partition coefficient (Wildman–Crippen LogP) is 2.30. The van der Waals surface area contributed by atoms with Gasteiger partial charge in [-0.3, -0.25) is 4.90 Å². The zero-order valence-electron chi connectivity index (χ0n) is 12.7. The first kappa shape index (κ1) is 14.2. The van der Waals surface area contributed by atoms with E-state index in [0.717, 1.165) is 37.5 Å². The molecule has 1 aliphatic rings. The smallest absolute Gasteiger partial charge is 0.226 e. The van der Waals surface area contributed by atoms with Crippen molar-refractivity contribution in [1.82, 2.24) is 25.2 Å². The maximum absolute atomic E-state index is 5.29. The lowest BCUT2D eigenvalue weighted by molar-refractivity contribution is 0.225. The highest BCUT2D eigenvalue weighted by atomic mass is 16.5. The second-order valence-corrected chi connectivity index (χ2v) is 6.00. The topological polar surface area (TPSA) is 81.1 Å². The van der Waals surface area contributed by atoms with Gasteiger partial charge in [0.25, 0.3) is 0 Å². The van der Waals surface area contributed by atoms with Crippen molar-refractivity contribution in [2.75, 3.05) is 6.54 Å². The summed E-state index contributed by atoms with van der Waals surface area (Å²) < 4.78 is 10.4. The van der Waals surface area contributed by atoms with Crippen LogP contribution in [-0.2, 0) is 13.0 Å². The Bertz CT molecular complexity index is 592. The van der Waals surface area contributed by atoms with Crippen molar-refractivity contribution < 1.29 is 9.05 Å². The molecule has 0 unspecified atom stereocenters. The minimum absolute atomic E-state index is 0.189. The number of rotatable bonds is 5. The van der Waals surface area contributed by atoms with Gasteiger partial charge in [-0.05, 0) is 25.3 Å². The fourth-order valence-corrected chi connectivity index (χ4v) is 2.73. The van der Waals surface area contributed by atoms with Crippen LogP contribution in [0.15, 0.2) is 9.05 Å². The van der Waals surface area contributed by atoms with E-state index >= 15 is 0 Å². The summed E-state index contributed by atoms with van der Waals surface area (Å²) in [5.41, 5.74) is 0. The molecule has 1 fully saturated rings. The van der Waals surface area contributed by atoms with Crippen molar-refractivity contribution in [3.63, 3.8) is 0 Å². The molecular weight excluding hydrogens is 270 g/mol. The Morgan fingerprint density at radius 2 is 2.10 bits per heavy atom. The minimum atomic E-state index is 0.189. The summed E-state index contributed by atoms with van der Waals surface area (Å²) in [4.78, 5) is 11.1. The Kier molecular flexibility index (Phi) is 4.01.